The molecule has 0 saturated carbocycles. The largest absolute Gasteiger partial charge is 0.352 e. The van der Waals surface area contributed by atoms with E-state index in [1.54, 1.807) is 45.0 Å². The molecule has 0 aliphatic heterocycles. The van der Waals surface area contributed by atoms with Crippen LogP contribution < -0.4 is 9.62 Å². The number of benzene rings is 3. The quantitative estimate of drug-likeness (QED) is 0.311. The standard InChI is InChI=1S/C28H30Cl2FN3O4S/c1-4-25(28(36)32-19(2)3)33(17-21-22(29)13-10-14-23(21)30)27(35)18-34(26-16-9-8-15-24(26)31)39(37,38)20-11-6-5-7-12-20/h5-16,19,25H,4,17-18H2,1-3H3,(H,32,36)/t25-/m0/s1. The zero-order chi connectivity index (χ0) is 28.7. The maximum Gasteiger partial charge on any atom is 0.264 e. The first-order valence-electron chi connectivity index (χ1n) is 12.3. The molecule has 0 aromatic heterocycles. The minimum absolute atomic E-state index is 0.119. The van der Waals surface area contributed by atoms with E-state index in [1.165, 1.54) is 47.4 Å². The molecule has 3 rings (SSSR count). The monoisotopic (exact) mass is 593 g/mol. The van der Waals surface area contributed by atoms with E-state index in [0.29, 0.717) is 9.87 Å². The Morgan fingerprint density at radius 3 is 2.08 bits per heavy atom. The third kappa shape index (κ3) is 7.29. The number of amides is 2. The third-order valence-corrected chi connectivity index (χ3v) is 8.42. The van der Waals surface area contributed by atoms with Crippen LogP contribution in [0, 0.1) is 5.82 Å². The van der Waals surface area contributed by atoms with Crippen LogP contribution in [0.25, 0.3) is 0 Å². The van der Waals surface area contributed by atoms with Gasteiger partial charge in [-0.2, -0.15) is 0 Å². The van der Waals surface area contributed by atoms with Gasteiger partial charge in [-0.1, -0.05) is 66.5 Å². The molecule has 3 aromatic carbocycles. The molecule has 0 saturated heterocycles. The Labute approximate surface area is 238 Å². The van der Waals surface area contributed by atoms with Crippen molar-refractivity contribution < 1.29 is 22.4 Å². The molecule has 0 aliphatic rings. The summed E-state index contributed by atoms with van der Waals surface area (Å²) in [6, 6.07) is 16.4. The number of halogens is 3. The van der Waals surface area contributed by atoms with Gasteiger partial charge in [0.05, 0.1) is 10.6 Å². The molecule has 0 radical (unpaired) electrons. The van der Waals surface area contributed by atoms with Crippen LogP contribution in [0.15, 0.2) is 77.7 Å². The molecule has 3 aromatic rings. The Kier molecular flexibility index (Phi) is 10.4. The van der Waals surface area contributed by atoms with Gasteiger partial charge in [0.15, 0.2) is 0 Å². The van der Waals surface area contributed by atoms with Crippen molar-refractivity contribution in [1.82, 2.24) is 10.2 Å². The first-order valence-corrected chi connectivity index (χ1v) is 14.5. The molecule has 0 unspecified atom stereocenters. The lowest BCUT2D eigenvalue weighted by Gasteiger charge is -2.34. The molecule has 39 heavy (non-hydrogen) atoms. The van der Waals surface area contributed by atoms with Crippen LogP contribution in [-0.2, 0) is 26.2 Å². The Morgan fingerprint density at radius 2 is 1.51 bits per heavy atom. The molecule has 11 heteroatoms. The molecule has 1 N–H and O–H groups in total. The number of para-hydroxylation sites is 1. The van der Waals surface area contributed by atoms with Crippen LogP contribution in [0.2, 0.25) is 10.0 Å². The normalized spacial score (nSPS) is 12.2. The number of sulfonamides is 1. The number of hydrogen-bond donors (Lipinski definition) is 1. The van der Waals surface area contributed by atoms with Gasteiger partial charge in [-0.25, -0.2) is 12.8 Å². The van der Waals surface area contributed by atoms with E-state index < -0.39 is 40.2 Å². The summed E-state index contributed by atoms with van der Waals surface area (Å²) >= 11 is 12.8. The second-order valence-corrected chi connectivity index (χ2v) is 11.8. The summed E-state index contributed by atoms with van der Waals surface area (Å²) in [4.78, 5) is 28.2. The maximum atomic E-state index is 15.0. The topological polar surface area (TPSA) is 86.8 Å². The predicted molar refractivity (Wildman–Crippen MR) is 152 cm³/mol. The summed E-state index contributed by atoms with van der Waals surface area (Å²) in [5, 5.41) is 3.36. The van der Waals surface area contributed by atoms with Gasteiger partial charge in [0.1, 0.15) is 18.4 Å². The number of carbonyl (C=O) groups excluding carboxylic acids is 2. The molecule has 7 nitrogen and oxygen atoms in total. The number of hydrogen-bond acceptors (Lipinski definition) is 4. The Morgan fingerprint density at radius 1 is 0.923 bits per heavy atom. The van der Waals surface area contributed by atoms with E-state index in [4.69, 9.17) is 23.2 Å². The summed E-state index contributed by atoms with van der Waals surface area (Å²) in [6.45, 7) is 4.36. The van der Waals surface area contributed by atoms with Gasteiger partial charge in [-0.15, -0.1) is 0 Å². The van der Waals surface area contributed by atoms with Crippen LogP contribution >= 0.6 is 23.2 Å². The Bertz CT molecular complexity index is 1400. The van der Waals surface area contributed by atoms with Gasteiger partial charge in [0.25, 0.3) is 10.0 Å². The molecule has 1 atom stereocenters. The maximum absolute atomic E-state index is 15.0. The van der Waals surface area contributed by atoms with Gasteiger partial charge < -0.3 is 10.2 Å². The fourth-order valence-electron chi connectivity index (χ4n) is 4.04. The summed E-state index contributed by atoms with van der Waals surface area (Å²) in [7, 11) is -4.37. The van der Waals surface area contributed by atoms with Gasteiger partial charge in [0, 0.05) is 28.2 Å². The van der Waals surface area contributed by atoms with E-state index >= 15 is 0 Å². The summed E-state index contributed by atoms with van der Waals surface area (Å²) in [5.74, 6) is -1.98. The van der Waals surface area contributed by atoms with Crippen LogP contribution in [0.3, 0.4) is 0 Å². The van der Waals surface area contributed by atoms with Crippen molar-refractivity contribution in [2.45, 2.75) is 50.7 Å². The van der Waals surface area contributed by atoms with Crippen molar-refractivity contribution >= 4 is 50.7 Å². The smallest absolute Gasteiger partial charge is 0.264 e. The molecular weight excluding hydrogens is 564 g/mol. The van der Waals surface area contributed by atoms with Crippen molar-refractivity contribution in [3.8, 4) is 0 Å². The van der Waals surface area contributed by atoms with Gasteiger partial charge in [0.2, 0.25) is 11.8 Å². The van der Waals surface area contributed by atoms with Crippen molar-refractivity contribution in [1.29, 1.82) is 0 Å². The van der Waals surface area contributed by atoms with Crippen LogP contribution in [0.5, 0.6) is 0 Å². The fraction of sp³-hybridized carbons (Fsp3) is 0.286. The Hall–Kier alpha value is -3.14. The average Bonchev–Trinajstić information content (AvgIpc) is 2.89. The van der Waals surface area contributed by atoms with Crippen molar-refractivity contribution in [3.05, 3.63) is 94.2 Å². The third-order valence-electron chi connectivity index (χ3n) is 5.94. The molecule has 0 bridgehead atoms. The molecule has 208 valence electrons. The highest BCUT2D eigenvalue weighted by molar-refractivity contribution is 7.92. The second-order valence-electron chi connectivity index (χ2n) is 9.09. The fourth-order valence-corrected chi connectivity index (χ4v) is 6.00. The van der Waals surface area contributed by atoms with Crippen molar-refractivity contribution in [3.63, 3.8) is 0 Å². The van der Waals surface area contributed by atoms with Gasteiger partial charge in [-0.3, -0.25) is 13.9 Å². The van der Waals surface area contributed by atoms with Gasteiger partial charge in [-0.05, 0) is 56.7 Å². The summed E-state index contributed by atoms with van der Waals surface area (Å²) in [5.41, 5.74) is 0.0958. The molecule has 2 amide bonds. The lowest BCUT2D eigenvalue weighted by atomic mass is 10.1. The van der Waals surface area contributed by atoms with Crippen molar-refractivity contribution in [2.24, 2.45) is 0 Å². The van der Waals surface area contributed by atoms with E-state index in [0.717, 1.165) is 6.07 Å². The first-order chi connectivity index (χ1) is 18.5. The van der Waals surface area contributed by atoms with E-state index in [1.807, 2.05) is 0 Å². The number of nitrogens with zero attached hydrogens (tertiary/aromatic N) is 2. The lowest BCUT2D eigenvalue weighted by Crippen LogP contribution is -2.53. The first kappa shape index (κ1) is 30.4. The van der Waals surface area contributed by atoms with Crippen LogP contribution in [0.1, 0.15) is 32.8 Å². The molecule has 0 aliphatic carbocycles. The summed E-state index contributed by atoms with van der Waals surface area (Å²) in [6.07, 6.45) is 0.220. The van der Waals surface area contributed by atoms with Crippen LogP contribution in [-0.4, -0.2) is 43.8 Å². The highest BCUT2D eigenvalue weighted by Gasteiger charge is 2.35. The summed E-state index contributed by atoms with van der Waals surface area (Å²) < 4.78 is 43.1. The molecular formula is C28H30Cl2FN3O4S. The SMILES string of the molecule is CC[C@@H](C(=O)NC(C)C)N(Cc1c(Cl)cccc1Cl)C(=O)CN(c1ccccc1F)S(=O)(=O)c1ccccc1. The number of anilines is 1. The van der Waals surface area contributed by atoms with Gasteiger partial charge >= 0.3 is 0 Å². The number of nitrogens with one attached hydrogen (secondary N) is 1. The van der Waals surface area contributed by atoms with Crippen molar-refractivity contribution in [2.75, 3.05) is 10.8 Å². The second kappa shape index (κ2) is 13.3. The minimum Gasteiger partial charge on any atom is -0.352 e. The minimum atomic E-state index is -4.37. The zero-order valence-corrected chi connectivity index (χ0v) is 24.1. The molecule has 0 spiro atoms. The highest BCUT2D eigenvalue weighted by Crippen LogP contribution is 2.29. The number of rotatable bonds is 11. The highest BCUT2D eigenvalue weighted by atomic mass is 35.5. The molecule has 0 heterocycles. The predicted octanol–water partition coefficient (Wildman–Crippen LogP) is 5.66. The average molecular weight is 595 g/mol. The number of carbonyl (C=O) groups is 2. The lowest BCUT2D eigenvalue weighted by molar-refractivity contribution is -0.140. The zero-order valence-electron chi connectivity index (χ0n) is 21.8. The molecule has 0 fully saturated rings. The van der Waals surface area contributed by atoms with E-state index in [2.05, 4.69) is 5.32 Å². The van der Waals surface area contributed by atoms with E-state index in [9.17, 15) is 22.4 Å². The Balaban J connectivity index is 2.11. The van der Waals surface area contributed by atoms with Crippen LogP contribution in [0.4, 0.5) is 10.1 Å². The van der Waals surface area contributed by atoms with E-state index in [-0.39, 0.29) is 39.6 Å².